The van der Waals surface area contributed by atoms with E-state index in [0.29, 0.717) is 37.8 Å². The maximum Gasteiger partial charge on any atom is 0.305 e. The van der Waals surface area contributed by atoms with E-state index < -0.39 is 0 Å². The lowest BCUT2D eigenvalue weighted by Gasteiger charge is -2.23. The molecule has 10 rings (SSSR count). The molecule has 5 heterocycles. The standard InChI is InChI=1S/C67H65Cl2N5O3/c1-45-11-19-49(20-12-45)64-55-31-33-57(70-55)65(50-21-13-46(2)14-22-50)59-35-37-61(72-59)67(62-38-36-60(73-62)66(58-34-32-56(64)71-58)51-23-15-47(3)16-24-51)52-25-29-54(30-26-52)76-43-6-4-5-7-44-77-63(75)10-8-9-48-17-27-53(28-18-48)74(41-39-68)42-40-69/h11-33,35-38,72H,4-10,34,39-44H2,1-3H3. The zero-order chi connectivity index (χ0) is 53.1. The van der Waals surface area contributed by atoms with Crippen molar-refractivity contribution in [2.45, 2.75) is 72.1 Å². The fourth-order valence-corrected chi connectivity index (χ4v) is 10.7. The Labute approximate surface area is 463 Å². The highest BCUT2D eigenvalue weighted by molar-refractivity contribution is 6.34. The molecule has 0 saturated heterocycles. The normalized spacial score (nSPS) is 14.8. The van der Waals surface area contributed by atoms with Crippen LogP contribution in [0.5, 0.6) is 5.75 Å². The van der Waals surface area contributed by atoms with Crippen LogP contribution >= 0.6 is 23.2 Å². The number of rotatable bonds is 21. The molecule has 6 aromatic rings. The van der Waals surface area contributed by atoms with Gasteiger partial charge in [0.2, 0.25) is 0 Å². The molecular weight excluding hydrogens is 994 g/mol. The minimum absolute atomic E-state index is 0.137. The number of unbranched alkanes of at least 4 members (excludes halogenated alkanes) is 3. The van der Waals surface area contributed by atoms with Crippen LogP contribution in [0.1, 0.15) is 89.5 Å². The van der Waals surface area contributed by atoms with Gasteiger partial charge in [0.05, 0.1) is 47.4 Å². The maximum atomic E-state index is 12.5. The number of H-pyrrole nitrogens is 1. The van der Waals surface area contributed by atoms with E-state index in [9.17, 15) is 4.79 Å². The number of aromatic nitrogens is 1. The third-order valence-electron chi connectivity index (χ3n) is 14.4. The molecular formula is C67H65Cl2N5O3. The summed E-state index contributed by atoms with van der Waals surface area (Å²) in [6.07, 6.45) is 17.1. The average molecular weight is 1060 g/mol. The van der Waals surface area contributed by atoms with Crippen molar-refractivity contribution in [3.63, 3.8) is 0 Å². The SMILES string of the molecule is Cc1ccc(C2=C3C=CC(=N3)C(c3ccc(C)cc3)=c3ccc([nH]3)=C(c3ccc(OCCCCCCOC(=O)CCCc4ccc(N(CCCl)CCCl)cc4)cc3)C3=NC(=C(c4ccc(C)cc4)C4=NC2=CC4)C=C3)cc1. The first-order valence-electron chi connectivity index (χ1n) is 27.0. The summed E-state index contributed by atoms with van der Waals surface area (Å²) in [5.74, 6) is 1.77. The molecule has 10 heteroatoms. The van der Waals surface area contributed by atoms with Crippen LogP contribution in [0.25, 0.3) is 22.3 Å². The molecule has 77 heavy (non-hydrogen) atoms. The van der Waals surface area contributed by atoms with Gasteiger partial charge in [-0.25, -0.2) is 9.98 Å². The van der Waals surface area contributed by atoms with Gasteiger partial charge in [0.15, 0.2) is 0 Å². The topological polar surface area (TPSA) is 91.6 Å². The Morgan fingerprint density at radius 2 is 1.05 bits per heavy atom. The Hall–Kier alpha value is -7.52. The lowest BCUT2D eigenvalue weighted by atomic mass is 9.96. The van der Waals surface area contributed by atoms with Gasteiger partial charge in [-0.3, -0.25) is 9.79 Å². The number of halogens is 2. The second kappa shape index (κ2) is 25.1. The molecule has 5 aromatic carbocycles. The van der Waals surface area contributed by atoms with E-state index >= 15 is 0 Å². The van der Waals surface area contributed by atoms with Crippen LogP contribution in [0.4, 0.5) is 5.69 Å². The third-order valence-corrected chi connectivity index (χ3v) is 14.7. The van der Waals surface area contributed by atoms with Gasteiger partial charge in [0, 0.05) is 76.4 Å². The number of aliphatic imine (C=N–C) groups is 3. The highest BCUT2D eigenvalue weighted by Crippen LogP contribution is 2.39. The smallest absolute Gasteiger partial charge is 0.305 e. The van der Waals surface area contributed by atoms with Crippen molar-refractivity contribution in [1.29, 1.82) is 0 Å². The summed E-state index contributed by atoms with van der Waals surface area (Å²) in [4.78, 5) is 35.0. The molecule has 0 aliphatic carbocycles. The monoisotopic (exact) mass is 1060 g/mol. The number of nitrogens with zero attached hydrogens (tertiary/aromatic N) is 4. The van der Waals surface area contributed by atoms with E-state index in [4.69, 9.17) is 47.7 Å². The van der Waals surface area contributed by atoms with Crippen molar-refractivity contribution in [2.24, 2.45) is 15.0 Å². The summed E-state index contributed by atoms with van der Waals surface area (Å²) in [6.45, 7) is 8.90. The van der Waals surface area contributed by atoms with Crippen LogP contribution in [0.15, 0.2) is 196 Å². The molecule has 0 fully saturated rings. The second-order valence-electron chi connectivity index (χ2n) is 20.1. The van der Waals surface area contributed by atoms with Gasteiger partial charge in [-0.2, -0.15) is 0 Å². The van der Waals surface area contributed by atoms with Crippen molar-refractivity contribution in [2.75, 3.05) is 43.0 Å². The van der Waals surface area contributed by atoms with Crippen molar-refractivity contribution in [3.8, 4) is 5.75 Å². The number of ether oxygens (including phenoxy) is 2. The molecule has 390 valence electrons. The number of hydrogen-bond acceptors (Lipinski definition) is 7. The fourth-order valence-electron chi connectivity index (χ4n) is 10.3. The van der Waals surface area contributed by atoms with Crippen molar-refractivity contribution < 1.29 is 14.3 Å². The Morgan fingerprint density at radius 3 is 1.61 bits per heavy atom. The number of carbonyl (C=O) groups is 1. The summed E-state index contributed by atoms with van der Waals surface area (Å²) in [5, 5.41) is 1.89. The number of allylic oxidation sites excluding steroid dienone is 7. The number of carbonyl (C=O) groups excluding carboxylic acids is 1. The summed E-state index contributed by atoms with van der Waals surface area (Å²) in [7, 11) is 0. The van der Waals surface area contributed by atoms with E-state index in [0.717, 1.165) is 153 Å². The molecule has 0 atom stereocenters. The lowest BCUT2D eigenvalue weighted by molar-refractivity contribution is -0.143. The largest absolute Gasteiger partial charge is 0.494 e. The molecule has 0 spiro atoms. The van der Waals surface area contributed by atoms with Gasteiger partial charge in [0.1, 0.15) is 5.75 Å². The quantitative estimate of drug-likeness (QED) is 0.0442. The molecule has 4 aliphatic rings. The number of benzene rings is 5. The van der Waals surface area contributed by atoms with E-state index in [1.54, 1.807) is 0 Å². The lowest BCUT2D eigenvalue weighted by Crippen LogP contribution is -2.27. The number of aryl methyl sites for hydroxylation is 4. The van der Waals surface area contributed by atoms with Crippen LogP contribution in [0, 0.1) is 20.8 Å². The number of nitrogens with one attached hydrogen (secondary N) is 1. The van der Waals surface area contributed by atoms with Crippen LogP contribution < -0.4 is 20.3 Å². The van der Waals surface area contributed by atoms with E-state index in [2.05, 4.69) is 194 Å². The minimum Gasteiger partial charge on any atom is -0.494 e. The molecule has 8 nitrogen and oxygen atoms in total. The van der Waals surface area contributed by atoms with Crippen molar-refractivity contribution in [1.82, 2.24) is 4.98 Å². The molecule has 0 unspecified atom stereocenters. The van der Waals surface area contributed by atoms with Gasteiger partial charge in [-0.05, 0) is 148 Å². The number of esters is 1. The number of anilines is 1. The highest BCUT2D eigenvalue weighted by atomic mass is 35.5. The highest BCUT2D eigenvalue weighted by Gasteiger charge is 2.27. The van der Waals surface area contributed by atoms with Crippen LogP contribution in [0.3, 0.4) is 0 Å². The zero-order valence-electron chi connectivity index (χ0n) is 44.3. The van der Waals surface area contributed by atoms with Crippen molar-refractivity contribution >= 4 is 74.3 Å². The fraction of sp³-hybridized carbons (Fsp3) is 0.254. The molecule has 1 N–H and O–H groups in total. The second-order valence-corrected chi connectivity index (χ2v) is 20.8. The van der Waals surface area contributed by atoms with Gasteiger partial charge in [-0.15, -0.1) is 23.2 Å². The van der Waals surface area contributed by atoms with Crippen LogP contribution in [-0.4, -0.2) is 66.2 Å². The van der Waals surface area contributed by atoms with Gasteiger partial charge < -0.3 is 19.4 Å². The van der Waals surface area contributed by atoms with E-state index in [1.165, 1.54) is 22.3 Å². The number of alkyl halides is 2. The van der Waals surface area contributed by atoms with E-state index in [-0.39, 0.29) is 5.97 Å². The first-order valence-corrected chi connectivity index (χ1v) is 28.1. The Balaban J connectivity index is 0.862. The third kappa shape index (κ3) is 12.8. The first kappa shape index (κ1) is 52.9. The number of aromatic amines is 1. The van der Waals surface area contributed by atoms with Gasteiger partial charge >= 0.3 is 5.97 Å². The average Bonchev–Trinajstić information content (AvgIpc) is 4.36. The molecule has 0 saturated carbocycles. The molecule has 4 aliphatic heterocycles. The predicted molar refractivity (Wildman–Crippen MR) is 320 cm³/mol. The number of hydrogen-bond donors (Lipinski definition) is 1. The Bertz CT molecular complexity index is 3500. The van der Waals surface area contributed by atoms with Gasteiger partial charge in [-0.1, -0.05) is 120 Å². The zero-order valence-corrected chi connectivity index (χ0v) is 45.8. The number of fused-ring (bicyclic) bond motifs is 5. The predicted octanol–water partition coefficient (Wildman–Crippen LogP) is 13.7. The van der Waals surface area contributed by atoms with E-state index in [1.807, 2.05) is 0 Å². The molecule has 0 amide bonds. The van der Waals surface area contributed by atoms with Crippen LogP contribution in [0.2, 0.25) is 0 Å². The molecule has 1 aromatic heterocycles. The molecule has 8 bridgehead atoms. The maximum absolute atomic E-state index is 12.5. The summed E-state index contributed by atoms with van der Waals surface area (Å²) in [5.41, 5.74) is 19.4. The minimum atomic E-state index is -0.137. The Morgan fingerprint density at radius 1 is 0.545 bits per heavy atom. The Kier molecular flexibility index (Phi) is 17.2. The summed E-state index contributed by atoms with van der Waals surface area (Å²) in [6, 6.07) is 47.1. The van der Waals surface area contributed by atoms with Gasteiger partial charge in [0.25, 0.3) is 0 Å². The summed E-state index contributed by atoms with van der Waals surface area (Å²) >= 11 is 12.0. The van der Waals surface area contributed by atoms with Crippen molar-refractivity contribution in [3.05, 3.63) is 236 Å². The van der Waals surface area contributed by atoms with Crippen LogP contribution in [-0.2, 0) is 16.0 Å². The molecule has 0 radical (unpaired) electrons. The summed E-state index contributed by atoms with van der Waals surface area (Å²) < 4.78 is 11.9. The first-order chi connectivity index (χ1) is 37.7.